The predicted molar refractivity (Wildman–Crippen MR) is 83.8 cm³/mol. The van der Waals surface area contributed by atoms with Gasteiger partial charge in [-0.3, -0.25) is 4.79 Å². The fourth-order valence-electron chi connectivity index (χ4n) is 2.06. The van der Waals surface area contributed by atoms with E-state index >= 15 is 0 Å². The zero-order chi connectivity index (χ0) is 17.3. The molecule has 2 N–H and O–H groups in total. The molecule has 0 aromatic heterocycles. The number of carbonyl (C=O) groups is 1. The number of carbonyl (C=O) groups excluding carboxylic acids is 1. The van der Waals surface area contributed by atoms with Gasteiger partial charge in [0.1, 0.15) is 0 Å². The molecule has 1 aromatic rings. The van der Waals surface area contributed by atoms with E-state index < -0.39 is 18.2 Å². The standard InChI is InChI=1S/C17H22F3NO2/c1-2-5-15(22)10-9-14-7-3-6-13(12-14)8-4-11-21-16(23)17(18,19)20/h3,6-7,9-10,12,15,22H,2,4-5,8,11H2,1H3,(H,21,23). The molecule has 0 radical (unpaired) electrons. The summed E-state index contributed by atoms with van der Waals surface area (Å²) in [7, 11) is 0. The number of nitrogens with one attached hydrogen (secondary N) is 1. The second-order valence-corrected chi connectivity index (χ2v) is 5.32. The lowest BCUT2D eigenvalue weighted by molar-refractivity contribution is -0.173. The molecule has 1 amide bonds. The molecular weight excluding hydrogens is 307 g/mol. The number of benzene rings is 1. The highest BCUT2D eigenvalue weighted by molar-refractivity contribution is 5.81. The first-order chi connectivity index (χ1) is 10.8. The number of hydrogen-bond acceptors (Lipinski definition) is 2. The molecular formula is C17H22F3NO2. The maximum absolute atomic E-state index is 12.0. The van der Waals surface area contributed by atoms with Crippen LogP contribution in [-0.2, 0) is 11.2 Å². The van der Waals surface area contributed by atoms with Crippen LogP contribution in [0.1, 0.15) is 37.3 Å². The molecule has 0 saturated heterocycles. The minimum absolute atomic E-state index is 0.0202. The first-order valence-corrected chi connectivity index (χ1v) is 7.63. The summed E-state index contributed by atoms with van der Waals surface area (Å²) in [6, 6.07) is 7.55. The van der Waals surface area contributed by atoms with Gasteiger partial charge in [-0.15, -0.1) is 0 Å². The van der Waals surface area contributed by atoms with Crippen LogP contribution in [0.5, 0.6) is 0 Å². The quantitative estimate of drug-likeness (QED) is 0.718. The second kappa shape index (κ2) is 9.35. The summed E-state index contributed by atoms with van der Waals surface area (Å²) in [4.78, 5) is 10.7. The van der Waals surface area contributed by atoms with Crippen LogP contribution >= 0.6 is 0 Å². The van der Waals surface area contributed by atoms with Crippen LogP contribution in [0, 0.1) is 0 Å². The van der Waals surface area contributed by atoms with Gasteiger partial charge in [0, 0.05) is 6.54 Å². The van der Waals surface area contributed by atoms with Crippen molar-refractivity contribution in [1.29, 1.82) is 0 Å². The van der Waals surface area contributed by atoms with E-state index in [0.717, 1.165) is 17.5 Å². The molecule has 1 atom stereocenters. The third-order valence-corrected chi connectivity index (χ3v) is 3.23. The lowest BCUT2D eigenvalue weighted by Crippen LogP contribution is -2.37. The van der Waals surface area contributed by atoms with Crippen molar-refractivity contribution in [2.45, 2.75) is 44.9 Å². The molecule has 1 aromatic carbocycles. The fourth-order valence-corrected chi connectivity index (χ4v) is 2.06. The molecule has 0 aliphatic heterocycles. The van der Waals surface area contributed by atoms with Gasteiger partial charge in [0.15, 0.2) is 0 Å². The molecule has 128 valence electrons. The fraction of sp³-hybridized carbons (Fsp3) is 0.471. The van der Waals surface area contributed by atoms with Crippen LogP contribution in [0.15, 0.2) is 30.3 Å². The van der Waals surface area contributed by atoms with Crippen molar-refractivity contribution in [3.05, 3.63) is 41.5 Å². The van der Waals surface area contributed by atoms with Crippen LogP contribution in [-0.4, -0.2) is 29.8 Å². The Labute approximate surface area is 134 Å². The lowest BCUT2D eigenvalue weighted by Gasteiger charge is -2.08. The van der Waals surface area contributed by atoms with Gasteiger partial charge in [-0.25, -0.2) is 0 Å². The number of hydrogen-bond donors (Lipinski definition) is 2. The number of halogens is 3. The van der Waals surface area contributed by atoms with E-state index in [1.54, 1.807) is 6.08 Å². The van der Waals surface area contributed by atoms with Crippen LogP contribution in [0.25, 0.3) is 6.08 Å². The Morgan fingerprint density at radius 1 is 1.39 bits per heavy atom. The van der Waals surface area contributed by atoms with Crippen molar-refractivity contribution in [3.8, 4) is 0 Å². The number of rotatable bonds is 8. The summed E-state index contributed by atoms with van der Waals surface area (Å²) in [6.07, 6.45) is 0.849. The lowest BCUT2D eigenvalue weighted by atomic mass is 10.1. The molecule has 0 aliphatic carbocycles. The second-order valence-electron chi connectivity index (χ2n) is 5.32. The van der Waals surface area contributed by atoms with E-state index in [9.17, 15) is 23.1 Å². The molecule has 0 heterocycles. The summed E-state index contributed by atoms with van der Waals surface area (Å²) in [5.74, 6) is -1.90. The van der Waals surface area contributed by atoms with Crippen molar-refractivity contribution in [1.82, 2.24) is 5.32 Å². The molecule has 1 rings (SSSR count). The Morgan fingerprint density at radius 2 is 2.13 bits per heavy atom. The smallest absolute Gasteiger partial charge is 0.389 e. The largest absolute Gasteiger partial charge is 0.471 e. The number of aryl methyl sites for hydroxylation is 1. The number of aliphatic hydroxyl groups excluding tert-OH is 1. The van der Waals surface area contributed by atoms with Crippen LogP contribution in [0.3, 0.4) is 0 Å². The highest BCUT2D eigenvalue weighted by Gasteiger charge is 2.38. The topological polar surface area (TPSA) is 49.3 Å². The normalized spacial score (nSPS) is 13.3. The van der Waals surface area contributed by atoms with E-state index in [-0.39, 0.29) is 6.54 Å². The van der Waals surface area contributed by atoms with Gasteiger partial charge >= 0.3 is 12.1 Å². The SMILES string of the molecule is CCCC(O)C=Cc1cccc(CCCNC(=O)C(F)(F)F)c1. The van der Waals surface area contributed by atoms with Crippen LogP contribution < -0.4 is 5.32 Å². The Kier molecular flexibility index (Phi) is 7.81. The molecule has 0 fully saturated rings. The van der Waals surface area contributed by atoms with Gasteiger partial charge in [-0.1, -0.05) is 49.8 Å². The third-order valence-electron chi connectivity index (χ3n) is 3.23. The zero-order valence-electron chi connectivity index (χ0n) is 13.1. The minimum atomic E-state index is -4.83. The summed E-state index contributed by atoms with van der Waals surface area (Å²) in [5, 5.41) is 11.5. The van der Waals surface area contributed by atoms with E-state index in [2.05, 4.69) is 0 Å². The first-order valence-electron chi connectivity index (χ1n) is 7.63. The number of alkyl halides is 3. The number of aliphatic hydroxyl groups is 1. The van der Waals surface area contributed by atoms with Crippen molar-refractivity contribution in [3.63, 3.8) is 0 Å². The number of amides is 1. The van der Waals surface area contributed by atoms with Gasteiger partial charge in [-0.05, 0) is 30.4 Å². The summed E-state index contributed by atoms with van der Waals surface area (Å²) < 4.78 is 36.1. The molecule has 0 saturated carbocycles. The molecule has 6 heteroatoms. The first kappa shape index (κ1) is 19.2. The van der Waals surface area contributed by atoms with Crippen LogP contribution in [0.2, 0.25) is 0 Å². The van der Waals surface area contributed by atoms with E-state index in [4.69, 9.17) is 0 Å². The molecule has 3 nitrogen and oxygen atoms in total. The Balaban J connectivity index is 2.44. The summed E-state index contributed by atoms with van der Waals surface area (Å²) in [6.45, 7) is 1.98. The van der Waals surface area contributed by atoms with Gasteiger partial charge in [0.2, 0.25) is 0 Å². The third kappa shape index (κ3) is 7.83. The molecule has 23 heavy (non-hydrogen) atoms. The van der Waals surface area contributed by atoms with E-state index in [1.807, 2.05) is 42.6 Å². The average molecular weight is 329 g/mol. The van der Waals surface area contributed by atoms with Crippen LogP contribution in [0.4, 0.5) is 13.2 Å². The van der Waals surface area contributed by atoms with E-state index in [0.29, 0.717) is 19.3 Å². The molecule has 1 unspecified atom stereocenters. The van der Waals surface area contributed by atoms with Crippen molar-refractivity contribution in [2.24, 2.45) is 0 Å². The van der Waals surface area contributed by atoms with Gasteiger partial charge in [0.05, 0.1) is 6.10 Å². The maximum atomic E-state index is 12.0. The maximum Gasteiger partial charge on any atom is 0.471 e. The van der Waals surface area contributed by atoms with Crippen molar-refractivity contribution in [2.75, 3.05) is 6.54 Å². The van der Waals surface area contributed by atoms with Crippen molar-refractivity contribution < 1.29 is 23.1 Å². The van der Waals surface area contributed by atoms with E-state index in [1.165, 1.54) is 0 Å². The average Bonchev–Trinajstić information content (AvgIpc) is 2.49. The summed E-state index contributed by atoms with van der Waals surface area (Å²) in [5.41, 5.74) is 1.90. The predicted octanol–water partition coefficient (Wildman–Crippen LogP) is 3.47. The monoisotopic (exact) mass is 329 g/mol. The van der Waals surface area contributed by atoms with Gasteiger partial charge in [0.25, 0.3) is 0 Å². The van der Waals surface area contributed by atoms with Gasteiger partial charge in [-0.2, -0.15) is 13.2 Å². The highest BCUT2D eigenvalue weighted by Crippen LogP contribution is 2.14. The molecule has 0 spiro atoms. The van der Waals surface area contributed by atoms with Crippen molar-refractivity contribution >= 4 is 12.0 Å². The summed E-state index contributed by atoms with van der Waals surface area (Å²) >= 11 is 0. The minimum Gasteiger partial charge on any atom is -0.389 e. The highest BCUT2D eigenvalue weighted by atomic mass is 19.4. The Hall–Kier alpha value is -1.82. The zero-order valence-corrected chi connectivity index (χ0v) is 13.1. The molecule has 0 aliphatic rings. The van der Waals surface area contributed by atoms with Gasteiger partial charge < -0.3 is 10.4 Å². The Morgan fingerprint density at radius 3 is 2.78 bits per heavy atom. The Bertz CT molecular complexity index is 527. The molecule has 0 bridgehead atoms.